The van der Waals surface area contributed by atoms with Crippen LogP contribution in [0.3, 0.4) is 0 Å². The molecule has 1 heterocycles. The van der Waals surface area contributed by atoms with E-state index >= 15 is 0 Å². The van der Waals surface area contributed by atoms with Crippen molar-refractivity contribution in [3.8, 4) is 5.88 Å². The molecule has 1 rings (SSSR count). The molecule has 1 aromatic heterocycles. The van der Waals surface area contributed by atoms with Gasteiger partial charge in [0, 0.05) is 6.07 Å². The van der Waals surface area contributed by atoms with Crippen molar-refractivity contribution in [3.63, 3.8) is 0 Å². The van der Waals surface area contributed by atoms with Gasteiger partial charge in [-0.1, -0.05) is 11.6 Å². The van der Waals surface area contributed by atoms with Gasteiger partial charge in [0.15, 0.2) is 0 Å². The fraction of sp³-hybridized carbons (Fsp3) is 0.538. The zero-order chi connectivity index (χ0) is 16.9. The van der Waals surface area contributed by atoms with Gasteiger partial charge in [0.1, 0.15) is 12.2 Å². The number of ether oxygens (including phenoxy) is 2. The lowest BCUT2D eigenvalue weighted by atomic mass is 10.2. The highest BCUT2D eigenvalue weighted by Gasteiger charge is 2.20. The van der Waals surface area contributed by atoms with E-state index in [1.807, 2.05) is 0 Å². The van der Waals surface area contributed by atoms with E-state index in [0.29, 0.717) is 0 Å². The summed E-state index contributed by atoms with van der Waals surface area (Å²) in [4.78, 5) is 25.6. The van der Waals surface area contributed by atoms with E-state index in [2.05, 4.69) is 10.3 Å². The summed E-state index contributed by atoms with van der Waals surface area (Å²) in [5.74, 6) is -0.160. The molecule has 0 aliphatic carbocycles. The van der Waals surface area contributed by atoms with Crippen molar-refractivity contribution in [1.29, 1.82) is 0 Å². The molecule has 0 saturated heterocycles. The van der Waals surface area contributed by atoms with Crippen LogP contribution in [-0.2, 0) is 4.74 Å². The third-order valence-corrected chi connectivity index (χ3v) is 2.44. The maximum Gasteiger partial charge on any atom is 0.407 e. The molecule has 1 amide bonds. The fourth-order valence-electron chi connectivity index (χ4n) is 1.41. The number of hydrogen-bond donors (Lipinski definition) is 1. The molecular formula is C13H18ClN3O5. The van der Waals surface area contributed by atoms with Gasteiger partial charge in [0.2, 0.25) is 0 Å². The SMILES string of the molecule is C[C@@H](COc1ncc(Cl)cc1[N+](=O)[O-])NC(=O)OC(C)(C)C. The van der Waals surface area contributed by atoms with Crippen molar-refractivity contribution in [2.75, 3.05) is 6.61 Å². The van der Waals surface area contributed by atoms with Crippen molar-refractivity contribution in [2.24, 2.45) is 0 Å². The Morgan fingerprint density at radius 1 is 1.55 bits per heavy atom. The van der Waals surface area contributed by atoms with E-state index in [4.69, 9.17) is 21.1 Å². The first kappa shape index (κ1) is 18.0. The molecule has 0 bridgehead atoms. The standard InChI is InChI=1S/C13H18ClN3O5/c1-8(16-12(18)22-13(2,3)4)7-21-11-10(17(19)20)5-9(14)6-15-11/h5-6,8H,7H2,1-4H3,(H,16,18)/t8-/m0/s1. The van der Waals surface area contributed by atoms with Crippen LogP contribution in [0.15, 0.2) is 12.3 Å². The van der Waals surface area contributed by atoms with Gasteiger partial charge in [-0.05, 0) is 27.7 Å². The zero-order valence-electron chi connectivity index (χ0n) is 12.8. The molecule has 122 valence electrons. The third kappa shape index (κ3) is 6.13. The van der Waals surface area contributed by atoms with Gasteiger partial charge in [-0.25, -0.2) is 9.78 Å². The first-order valence-corrected chi connectivity index (χ1v) is 6.88. The summed E-state index contributed by atoms with van der Waals surface area (Å²) in [6.07, 6.45) is 0.651. The van der Waals surface area contributed by atoms with Crippen LogP contribution in [-0.4, -0.2) is 34.3 Å². The number of amides is 1. The molecule has 0 saturated carbocycles. The fourth-order valence-corrected chi connectivity index (χ4v) is 1.56. The molecule has 0 spiro atoms. The average Bonchev–Trinajstić information content (AvgIpc) is 2.34. The minimum absolute atomic E-state index is 0.00524. The normalized spacial score (nSPS) is 12.4. The number of nitro groups is 1. The van der Waals surface area contributed by atoms with E-state index in [-0.39, 0.29) is 23.2 Å². The van der Waals surface area contributed by atoms with E-state index < -0.39 is 22.7 Å². The van der Waals surface area contributed by atoms with Gasteiger partial charge in [-0.15, -0.1) is 0 Å². The minimum Gasteiger partial charge on any atom is -0.471 e. The summed E-state index contributed by atoms with van der Waals surface area (Å²) in [5, 5.41) is 13.6. The van der Waals surface area contributed by atoms with Crippen LogP contribution in [0.25, 0.3) is 0 Å². The van der Waals surface area contributed by atoms with Crippen molar-refractivity contribution in [2.45, 2.75) is 39.3 Å². The Bertz CT molecular complexity index is 559. The molecule has 1 aromatic rings. The van der Waals surface area contributed by atoms with E-state index in [1.165, 1.54) is 6.20 Å². The molecular weight excluding hydrogens is 314 g/mol. The van der Waals surface area contributed by atoms with E-state index in [0.717, 1.165) is 6.07 Å². The van der Waals surface area contributed by atoms with Gasteiger partial charge in [0.05, 0.1) is 22.2 Å². The first-order chi connectivity index (χ1) is 10.1. The molecule has 0 unspecified atom stereocenters. The second-order valence-corrected chi connectivity index (χ2v) is 6.03. The number of alkyl carbamates (subject to hydrolysis) is 1. The van der Waals surface area contributed by atoms with Crippen molar-refractivity contribution in [1.82, 2.24) is 10.3 Å². The molecule has 0 aromatic carbocycles. The molecule has 0 radical (unpaired) electrons. The summed E-state index contributed by atoms with van der Waals surface area (Å²) in [7, 11) is 0. The van der Waals surface area contributed by atoms with Crippen molar-refractivity contribution >= 4 is 23.4 Å². The Morgan fingerprint density at radius 3 is 2.73 bits per heavy atom. The number of halogens is 1. The monoisotopic (exact) mass is 331 g/mol. The molecule has 9 heteroatoms. The summed E-state index contributed by atoms with van der Waals surface area (Å²) < 4.78 is 10.4. The topological polar surface area (TPSA) is 104 Å². The summed E-state index contributed by atoms with van der Waals surface area (Å²) in [6, 6.07) is 0.725. The highest BCUT2D eigenvalue weighted by atomic mass is 35.5. The van der Waals surface area contributed by atoms with Gasteiger partial charge in [-0.2, -0.15) is 0 Å². The predicted octanol–water partition coefficient (Wildman–Crippen LogP) is 2.94. The Labute approximate surface area is 132 Å². The van der Waals surface area contributed by atoms with Crippen LogP contribution in [0, 0.1) is 10.1 Å². The summed E-state index contributed by atoms with van der Waals surface area (Å²) in [5.41, 5.74) is -0.946. The number of rotatable bonds is 5. The van der Waals surface area contributed by atoms with E-state index in [1.54, 1.807) is 27.7 Å². The van der Waals surface area contributed by atoms with Crippen LogP contribution in [0.1, 0.15) is 27.7 Å². The minimum atomic E-state index is -0.639. The Morgan fingerprint density at radius 2 is 2.18 bits per heavy atom. The predicted molar refractivity (Wildman–Crippen MR) is 80.2 cm³/mol. The Hall–Kier alpha value is -2.09. The third-order valence-electron chi connectivity index (χ3n) is 2.23. The lowest BCUT2D eigenvalue weighted by Crippen LogP contribution is -2.40. The van der Waals surface area contributed by atoms with Crippen LogP contribution in [0.2, 0.25) is 5.02 Å². The van der Waals surface area contributed by atoms with Gasteiger partial charge in [0.25, 0.3) is 5.88 Å². The number of carbonyl (C=O) groups is 1. The highest BCUT2D eigenvalue weighted by Crippen LogP contribution is 2.27. The largest absolute Gasteiger partial charge is 0.471 e. The van der Waals surface area contributed by atoms with Crippen LogP contribution in [0.4, 0.5) is 10.5 Å². The quantitative estimate of drug-likeness (QED) is 0.657. The maximum atomic E-state index is 11.6. The highest BCUT2D eigenvalue weighted by molar-refractivity contribution is 6.30. The summed E-state index contributed by atoms with van der Waals surface area (Å²) in [6.45, 7) is 6.90. The lowest BCUT2D eigenvalue weighted by molar-refractivity contribution is -0.386. The lowest BCUT2D eigenvalue weighted by Gasteiger charge is -2.21. The number of nitrogens with one attached hydrogen (secondary N) is 1. The molecule has 0 aliphatic rings. The van der Waals surface area contributed by atoms with Crippen LogP contribution >= 0.6 is 11.6 Å². The van der Waals surface area contributed by atoms with Gasteiger partial charge >= 0.3 is 11.8 Å². The molecule has 1 N–H and O–H groups in total. The summed E-state index contributed by atoms with van der Waals surface area (Å²) >= 11 is 5.66. The van der Waals surface area contributed by atoms with Crippen molar-refractivity contribution in [3.05, 3.63) is 27.4 Å². The van der Waals surface area contributed by atoms with Gasteiger partial charge < -0.3 is 14.8 Å². The number of nitrogens with zero attached hydrogens (tertiary/aromatic N) is 2. The number of aromatic nitrogens is 1. The molecule has 8 nitrogen and oxygen atoms in total. The molecule has 22 heavy (non-hydrogen) atoms. The van der Waals surface area contributed by atoms with Gasteiger partial charge in [-0.3, -0.25) is 10.1 Å². The maximum absolute atomic E-state index is 11.6. The van der Waals surface area contributed by atoms with E-state index in [9.17, 15) is 14.9 Å². The first-order valence-electron chi connectivity index (χ1n) is 6.51. The average molecular weight is 332 g/mol. The molecule has 1 atom stereocenters. The second-order valence-electron chi connectivity index (χ2n) is 5.59. The zero-order valence-corrected chi connectivity index (χ0v) is 13.5. The smallest absolute Gasteiger partial charge is 0.407 e. The van der Waals surface area contributed by atoms with Crippen molar-refractivity contribution < 1.29 is 19.2 Å². The van der Waals surface area contributed by atoms with Crippen LogP contribution in [0.5, 0.6) is 5.88 Å². The molecule has 0 fully saturated rings. The number of carbonyl (C=O) groups excluding carboxylic acids is 1. The Balaban J connectivity index is 2.59. The Kier molecular flexibility index (Phi) is 5.92. The second kappa shape index (κ2) is 7.26. The van der Waals surface area contributed by atoms with Crippen LogP contribution < -0.4 is 10.1 Å². The number of pyridine rings is 1. The number of hydrogen-bond acceptors (Lipinski definition) is 6. The molecule has 0 aliphatic heterocycles.